The van der Waals surface area contributed by atoms with Gasteiger partial charge in [0.15, 0.2) is 0 Å². The van der Waals surface area contributed by atoms with E-state index >= 15 is 0 Å². The van der Waals surface area contributed by atoms with Gasteiger partial charge in [-0.3, -0.25) is 9.59 Å². The highest BCUT2D eigenvalue weighted by Gasteiger charge is 2.37. The summed E-state index contributed by atoms with van der Waals surface area (Å²) in [7, 11) is 0. The molecule has 1 saturated carbocycles. The number of hydrogen-bond acceptors (Lipinski definition) is 3. The molecule has 3 rings (SSSR count). The zero-order chi connectivity index (χ0) is 16.4. The third-order valence-electron chi connectivity index (χ3n) is 4.92. The molecule has 5 nitrogen and oxygen atoms in total. The van der Waals surface area contributed by atoms with Gasteiger partial charge in [0.2, 0.25) is 11.8 Å². The van der Waals surface area contributed by atoms with Crippen molar-refractivity contribution in [3.05, 3.63) is 29.3 Å². The molecule has 3 N–H and O–H groups in total. The number of nitrogens with two attached hydrogens (primary N) is 1. The van der Waals surface area contributed by atoms with Crippen LogP contribution in [0.2, 0.25) is 5.02 Å². The number of rotatable bonds is 4. The molecule has 124 valence electrons. The molecule has 0 bridgehead atoms. The van der Waals surface area contributed by atoms with Crippen LogP contribution in [0.5, 0.6) is 0 Å². The first-order chi connectivity index (χ1) is 11.1. The Labute approximate surface area is 141 Å². The van der Waals surface area contributed by atoms with Crippen LogP contribution in [-0.2, 0) is 9.59 Å². The molecule has 1 aromatic carbocycles. The highest BCUT2D eigenvalue weighted by atomic mass is 35.5. The second-order valence-electron chi connectivity index (χ2n) is 6.42. The van der Waals surface area contributed by atoms with Crippen molar-refractivity contribution >= 4 is 29.1 Å². The first-order valence-electron chi connectivity index (χ1n) is 8.15. The fourth-order valence-electron chi connectivity index (χ4n) is 3.56. The highest BCUT2D eigenvalue weighted by Crippen LogP contribution is 2.28. The third kappa shape index (κ3) is 3.51. The van der Waals surface area contributed by atoms with Crippen LogP contribution in [0.25, 0.3) is 0 Å². The lowest BCUT2D eigenvalue weighted by Crippen LogP contribution is -2.43. The average molecular weight is 336 g/mol. The van der Waals surface area contributed by atoms with E-state index < -0.39 is 0 Å². The Morgan fingerprint density at radius 2 is 2.04 bits per heavy atom. The van der Waals surface area contributed by atoms with Gasteiger partial charge in [0, 0.05) is 29.7 Å². The van der Waals surface area contributed by atoms with E-state index in [2.05, 4.69) is 5.32 Å². The van der Waals surface area contributed by atoms with Crippen molar-refractivity contribution < 1.29 is 9.59 Å². The molecule has 1 aromatic rings. The smallest absolute Gasteiger partial charge is 0.227 e. The second kappa shape index (κ2) is 6.89. The Morgan fingerprint density at radius 1 is 1.30 bits per heavy atom. The van der Waals surface area contributed by atoms with E-state index in [1.165, 1.54) is 0 Å². The normalized spacial score (nSPS) is 27.5. The van der Waals surface area contributed by atoms with Crippen LogP contribution in [0.1, 0.15) is 25.7 Å². The Kier molecular flexibility index (Phi) is 4.87. The van der Waals surface area contributed by atoms with Crippen molar-refractivity contribution in [2.24, 2.45) is 17.6 Å². The van der Waals surface area contributed by atoms with Crippen molar-refractivity contribution in [2.75, 3.05) is 18.0 Å². The summed E-state index contributed by atoms with van der Waals surface area (Å²) in [5.74, 6) is 0.0232. The number of benzene rings is 1. The van der Waals surface area contributed by atoms with Crippen molar-refractivity contribution in [1.82, 2.24) is 5.32 Å². The molecule has 3 unspecified atom stereocenters. The maximum Gasteiger partial charge on any atom is 0.227 e. The number of nitrogens with one attached hydrogen (secondary N) is 1. The number of nitrogens with zero attached hydrogens (tertiary/aromatic N) is 1. The predicted molar refractivity (Wildman–Crippen MR) is 90.2 cm³/mol. The Balaban J connectivity index is 1.62. The molecule has 0 aromatic heterocycles. The van der Waals surface area contributed by atoms with E-state index in [1.54, 1.807) is 17.0 Å². The monoisotopic (exact) mass is 335 g/mol. The van der Waals surface area contributed by atoms with E-state index in [9.17, 15) is 9.59 Å². The summed E-state index contributed by atoms with van der Waals surface area (Å²) in [4.78, 5) is 26.4. The Bertz CT molecular complexity index is 590. The van der Waals surface area contributed by atoms with Crippen molar-refractivity contribution in [1.29, 1.82) is 0 Å². The summed E-state index contributed by atoms with van der Waals surface area (Å²) in [5, 5.41) is 3.73. The molecule has 1 aliphatic heterocycles. The van der Waals surface area contributed by atoms with E-state index in [4.69, 9.17) is 17.3 Å². The van der Waals surface area contributed by atoms with Gasteiger partial charge in [-0.2, -0.15) is 0 Å². The average Bonchev–Trinajstić information content (AvgIpc) is 3.14. The summed E-state index contributed by atoms with van der Waals surface area (Å²) in [6, 6.07) is 7.28. The van der Waals surface area contributed by atoms with Gasteiger partial charge in [-0.05, 0) is 49.6 Å². The summed E-state index contributed by atoms with van der Waals surface area (Å²) < 4.78 is 0. The lowest BCUT2D eigenvalue weighted by molar-refractivity contribution is -0.127. The molecule has 6 heteroatoms. The first-order valence-corrected chi connectivity index (χ1v) is 8.52. The summed E-state index contributed by atoms with van der Waals surface area (Å²) in [6.45, 7) is 1.03. The van der Waals surface area contributed by atoms with Crippen LogP contribution in [0.15, 0.2) is 24.3 Å². The van der Waals surface area contributed by atoms with Gasteiger partial charge in [-0.25, -0.2) is 0 Å². The third-order valence-corrected chi connectivity index (χ3v) is 5.18. The topological polar surface area (TPSA) is 75.4 Å². The largest absolute Gasteiger partial charge is 0.353 e. The van der Waals surface area contributed by atoms with Gasteiger partial charge in [0.05, 0.1) is 5.92 Å². The van der Waals surface area contributed by atoms with Crippen LogP contribution >= 0.6 is 11.6 Å². The molecule has 1 saturated heterocycles. The predicted octanol–water partition coefficient (Wildman–Crippen LogP) is 1.94. The number of carbonyl (C=O) groups is 2. The number of halogens is 1. The molecular weight excluding hydrogens is 314 g/mol. The number of anilines is 1. The van der Waals surface area contributed by atoms with Gasteiger partial charge in [-0.1, -0.05) is 18.0 Å². The zero-order valence-electron chi connectivity index (χ0n) is 13.0. The molecule has 1 heterocycles. The maximum absolute atomic E-state index is 12.5. The van der Waals surface area contributed by atoms with Crippen molar-refractivity contribution in [3.63, 3.8) is 0 Å². The molecule has 3 atom stereocenters. The molecule has 0 radical (unpaired) electrons. The van der Waals surface area contributed by atoms with Gasteiger partial charge in [0.25, 0.3) is 0 Å². The molecule has 1 aliphatic carbocycles. The fourth-order valence-corrected chi connectivity index (χ4v) is 3.69. The molecule has 23 heavy (non-hydrogen) atoms. The van der Waals surface area contributed by atoms with E-state index in [-0.39, 0.29) is 30.2 Å². The first kappa shape index (κ1) is 16.3. The van der Waals surface area contributed by atoms with Crippen molar-refractivity contribution in [2.45, 2.75) is 31.7 Å². The van der Waals surface area contributed by atoms with Crippen molar-refractivity contribution in [3.8, 4) is 0 Å². The zero-order valence-corrected chi connectivity index (χ0v) is 13.8. The second-order valence-corrected chi connectivity index (χ2v) is 6.86. The van der Waals surface area contributed by atoms with Crippen LogP contribution in [-0.4, -0.2) is 30.9 Å². The number of carbonyl (C=O) groups excluding carboxylic acids is 2. The van der Waals surface area contributed by atoms with Crippen LogP contribution in [0.4, 0.5) is 5.69 Å². The number of amides is 2. The SMILES string of the molecule is NCC1CCCC1NC(=O)C1CC(=O)N(c2ccc(Cl)cc2)C1. The fraction of sp³-hybridized carbons (Fsp3) is 0.529. The van der Waals surface area contributed by atoms with E-state index in [1.807, 2.05) is 12.1 Å². The quantitative estimate of drug-likeness (QED) is 0.883. The van der Waals surface area contributed by atoms with E-state index in [0.717, 1.165) is 24.9 Å². The minimum atomic E-state index is -0.294. The lowest BCUT2D eigenvalue weighted by atomic mass is 10.0. The maximum atomic E-state index is 12.5. The minimum absolute atomic E-state index is 0.0192. The minimum Gasteiger partial charge on any atom is -0.353 e. The molecular formula is C17H22ClN3O2. The summed E-state index contributed by atoms with van der Waals surface area (Å²) in [5.41, 5.74) is 6.55. The molecule has 2 fully saturated rings. The highest BCUT2D eigenvalue weighted by molar-refractivity contribution is 6.30. The number of hydrogen-bond donors (Lipinski definition) is 2. The van der Waals surface area contributed by atoms with Gasteiger partial charge in [0.1, 0.15) is 0 Å². The van der Waals surface area contributed by atoms with E-state index in [0.29, 0.717) is 24.0 Å². The Morgan fingerprint density at radius 3 is 2.74 bits per heavy atom. The summed E-state index contributed by atoms with van der Waals surface area (Å²) in [6.07, 6.45) is 3.42. The van der Waals surface area contributed by atoms with Crippen LogP contribution in [0, 0.1) is 11.8 Å². The van der Waals surface area contributed by atoms with Gasteiger partial charge < -0.3 is 16.0 Å². The Hall–Kier alpha value is -1.59. The molecule has 2 amide bonds. The standard InChI is InChI=1S/C17H22ClN3O2/c18-13-4-6-14(7-5-13)21-10-12(8-16(21)22)17(23)20-15-3-1-2-11(15)9-19/h4-7,11-12,15H,1-3,8-10,19H2,(H,20,23). The summed E-state index contributed by atoms with van der Waals surface area (Å²) >= 11 is 5.88. The molecule has 2 aliphatic rings. The van der Waals surface area contributed by atoms with Crippen LogP contribution < -0.4 is 16.0 Å². The molecule has 0 spiro atoms. The van der Waals surface area contributed by atoms with Gasteiger partial charge >= 0.3 is 0 Å². The van der Waals surface area contributed by atoms with Gasteiger partial charge in [-0.15, -0.1) is 0 Å². The lowest BCUT2D eigenvalue weighted by Gasteiger charge is -2.22. The van der Waals surface area contributed by atoms with Crippen LogP contribution in [0.3, 0.4) is 0 Å².